The molecule has 26 heavy (non-hydrogen) atoms. The van der Waals surface area contributed by atoms with Crippen LogP contribution >= 0.6 is 24.0 Å². The van der Waals surface area contributed by atoms with Crippen molar-refractivity contribution < 1.29 is 17.9 Å². The Kier molecular flexibility index (Phi) is 12.8. The summed E-state index contributed by atoms with van der Waals surface area (Å²) in [6, 6.07) is -1.40. The largest absolute Gasteiger partial charge is 0.403 e. The molecule has 0 aromatic carbocycles. The van der Waals surface area contributed by atoms with Crippen molar-refractivity contribution in [1.29, 1.82) is 0 Å². The average Bonchev–Trinajstić information content (AvgIpc) is 2.58. The third-order valence-corrected chi connectivity index (χ3v) is 4.39. The van der Waals surface area contributed by atoms with Gasteiger partial charge in [-0.2, -0.15) is 13.2 Å². The van der Waals surface area contributed by atoms with Gasteiger partial charge in [0, 0.05) is 52.9 Å². The second kappa shape index (κ2) is 12.9. The zero-order chi connectivity index (χ0) is 18.9. The molecule has 0 aromatic rings. The van der Waals surface area contributed by atoms with E-state index in [-0.39, 0.29) is 24.0 Å². The van der Waals surface area contributed by atoms with Gasteiger partial charge in [-0.05, 0) is 20.9 Å². The van der Waals surface area contributed by atoms with E-state index in [9.17, 15) is 13.2 Å². The van der Waals surface area contributed by atoms with Crippen molar-refractivity contribution in [1.82, 2.24) is 20.0 Å². The van der Waals surface area contributed by atoms with Gasteiger partial charge in [0.25, 0.3) is 0 Å². The van der Waals surface area contributed by atoms with Crippen LogP contribution in [-0.4, -0.2) is 106 Å². The maximum atomic E-state index is 12.8. The lowest BCUT2D eigenvalue weighted by Gasteiger charge is -2.39. The van der Waals surface area contributed by atoms with Crippen molar-refractivity contribution in [3.8, 4) is 0 Å². The number of hydrogen-bond acceptors (Lipinski definition) is 4. The molecule has 1 fully saturated rings. The molecule has 0 aromatic heterocycles. The SMILES string of the molecule is CCNC(=NCCN(C)CCOC)N1CCN(C(C)C(F)(F)F)CC1.I. The molecule has 1 aliphatic heterocycles. The van der Waals surface area contributed by atoms with Crippen molar-refractivity contribution in [3.63, 3.8) is 0 Å². The highest BCUT2D eigenvalue weighted by molar-refractivity contribution is 14.0. The van der Waals surface area contributed by atoms with E-state index in [1.807, 2.05) is 18.9 Å². The van der Waals surface area contributed by atoms with Gasteiger partial charge < -0.3 is 19.9 Å². The number of nitrogens with zero attached hydrogens (tertiary/aromatic N) is 4. The Hall–Kier alpha value is -0.330. The van der Waals surface area contributed by atoms with Crippen molar-refractivity contribution in [2.24, 2.45) is 4.99 Å². The first kappa shape index (κ1) is 25.7. The smallest absolute Gasteiger partial charge is 0.383 e. The first-order chi connectivity index (χ1) is 11.8. The highest BCUT2D eigenvalue weighted by Crippen LogP contribution is 2.25. The van der Waals surface area contributed by atoms with E-state index >= 15 is 0 Å². The number of guanidine groups is 1. The molecule has 156 valence electrons. The van der Waals surface area contributed by atoms with Crippen LogP contribution in [0.25, 0.3) is 0 Å². The molecule has 1 rings (SSSR count). The number of ether oxygens (including phenoxy) is 1. The third-order valence-electron chi connectivity index (χ3n) is 4.39. The van der Waals surface area contributed by atoms with Gasteiger partial charge in [0.15, 0.2) is 5.96 Å². The van der Waals surface area contributed by atoms with Crippen LogP contribution in [0.2, 0.25) is 0 Å². The molecule has 0 amide bonds. The lowest BCUT2D eigenvalue weighted by atomic mass is 10.2. The quantitative estimate of drug-likeness (QED) is 0.316. The lowest BCUT2D eigenvalue weighted by Crippen LogP contribution is -2.56. The number of hydrogen-bond donors (Lipinski definition) is 1. The highest BCUT2D eigenvalue weighted by Gasteiger charge is 2.41. The summed E-state index contributed by atoms with van der Waals surface area (Å²) in [6.45, 7) is 8.79. The first-order valence-electron chi connectivity index (χ1n) is 8.81. The summed E-state index contributed by atoms with van der Waals surface area (Å²) in [5.74, 6) is 0.780. The monoisotopic (exact) mass is 495 g/mol. The van der Waals surface area contributed by atoms with E-state index in [4.69, 9.17) is 4.74 Å². The van der Waals surface area contributed by atoms with E-state index in [1.54, 1.807) is 7.11 Å². The molecule has 1 N–H and O–H groups in total. The summed E-state index contributed by atoms with van der Waals surface area (Å²) in [5, 5.41) is 3.24. The zero-order valence-electron chi connectivity index (χ0n) is 16.2. The van der Waals surface area contributed by atoms with E-state index < -0.39 is 12.2 Å². The fraction of sp³-hybridized carbons (Fsp3) is 0.938. The minimum absolute atomic E-state index is 0. The normalized spacial score (nSPS) is 18.0. The Labute approximate surface area is 172 Å². The number of likely N-dealkylation sites (N-methyl/N-ethyl adjacent to an activating group) is 1. The topological polar surface area (TPSA) is 43.3 Å². The average molecular weight is 495 g/mol. The third kappa shape index (κ3) is 9.05. The van der Waals surface area contributed by atoms with Gasteiger partial charge in [-0.3, -0.25) is 9.89 Å². The standard InChI is InChI=1S/C16H32F3N5O.HI/c1-5-20-15(21-6-7-22(3)12-13-25-4)24-10-8-23(9-11-24)14(2)16(17,18)19;/h14H,5-13H2,1-4H3,(H,20,21);1H. The van der Waals surface area contributed by atoms with E-state index in [0.29, 0.717) is 39.3 Å². The number of piperazine rings is 1. The summed E-state index contributed by atoms with van der Waals surface area (Å²) in [4.78, 5) is 10.3. The van der Waals surface area contributed by atoms with Gasteiger partial charge in [-0.25, -0.2) is 0 Å². The van der Waals surface area contributed by atoms with Crippen molar-refractivity contribution in [2.75, 3.05) is 73.1 Å². The number of aliphatic imine (C=N–C) groups is 1. The summed E-state index contributed by atoms with van der Waals surface area (Å²) < 4.78 is 43.6. The number of methoxy groups -OCH3 is 1. The van der Waals surface area contributed by atoms with Crippen LogP contribution in [0.4, 0.5) is 13.2 Å². The summed E-state index contributed by atoms with van der Waals surface area (Å²) in [7, 11) is 3.69. The molecule has 0 spiro atoms. The summed E-state index contributed by atoms with van der Waals surface area (Å²) >= 11 is 0. The first-order valence-corrected chi connectivity index (χ1v) is 8.81. The van der Waals surface area contributed by atoms with Crippen LogP contribution in [0.3, 0.4) is 0 Å². The van der Waals surface area contributed by atoms with E-state index in [0.717, 1.165) is 25.6 Å². The molecular formula is C16H33F3IN5O. The van der Waals surface area contributed by atoms with Crippen LogP contribution in [-0.2, 0) is 4.74 Å². The Balaban J connectivity index is 0.00000625. The van der Waals surface area contributed by atoms with Gasteiger partial charge in [-0.15, -0.1) is 24.0 Å². The molecular weight excluding hydrogens is 462 g/mol. The highest BCUT2D eigenvalue weighted by atomic mass is 127. The molecule has 1 atom stereocenters. The summed E-state index contributed by atoms with van der Waals surface area (Å²) in [6.07, 6.45) is -4.17. The fourth-order valence-electron chi connectivity index (χ4n) is 2.64. The number of nitrogens with one attached hydrogen (secondary N) is 1. The molecule has 1 heterocycles. The number of halogens is 4. The van der Waals surface area contributed by atoms with Gasteiger partial charge in [0.05, 0.1) is 13.2 Å². The van der Waals surface area contributed by atoms with Crippen molar-refractivity contribution >= 4 is 29.9 Å². The lowest BCUT2D eigenvalue weighted by molar-refractivity contribution is -0.181. The maximum absolute atomic E-state index is 12.8. The van der Waals surface area contributed by atoms with Crippen LogP contribution in [0.5, 0.6) is 0 Å². The Morgan fingerprint density at radius 1 is 1.23 bits per heavy atom. The van der Waals surface area contributed by atoms with Gasteiger partial charge in [0.2, 0.25) is 0 Å². The van der Waals surface area contributed by atoms with Crippen LogP contribution in [0.15, 0.2) is 4.99 Å². The Bertz CT molecular complexity index is 404. The van der Waals surface area contributed by atoms with E-state index in [2.05, 4.69) is 15.2 Å². The molecule has 0 bridgehead atoms. The van der Waals surface area contributed by atoms with Crippen molar-refractivity contribution in [3.05, 3.63) is 0 Å². The maximum Gasteiger partial charge on any atom is 0.403 e. The minimum Gasteiger partial charge on any atom is -0.383 e. The molecule has 1 unspecified atom stereocenters. The van der Waals surface area contributed by atoms with Crippen LogP contribution < -0.4 is 5.32 Å². The molecule has 0 radical (unpaired) electrons. The van der Waals surface area contributed by atoms with Gasteiger partial charge >= 0.3 is 6.18 Å². The molecule has 0 aliphatic carbocycles. The number of alkyl halides is 3. The Morgan fingerprint density at radius 2 is 1.85 bits per heavy atom. The van der Waals surface area contributed by atoms with Crippen LogP contribution in [0.1, 0.15) is 13.8 Å². The Morgan fingerprint density at radius 3 is 2.35 bits per heavy atom. The second-order valence-corrected chi connectivity index (χ2v) is 6.27. The molecule has 0 saturated carbocycles. The van der Waals surface area contributed by atoms with Gasteiger partial charge in [-0.1, -0.05) is 0 Å². The predicted octanol–water partition coefficient (Wildman–Crippen LogP) is 1.72. The zero-order valence-corrected chi connectivity index (χ0v) is 18.5. The van der Waals surface area contributed by atoms with Crippen LogP contribution in [0, 0.1) is 0 Å². The molecule has 1 saturated heterocycles. The predicted molar refractivity (Wildman–Crippen MR) is 109 cm³/mol. The molecule has 1 aliphatic rings. The fourth-order valence-corrected chi connectivity index (χ4v) is 2.64. The summed E-state index contributed by atoms with van der Waals surface area (Å²) in [5.41, 5.74) is 0. The van der Waals surface area contributed by atoms with E-state index in [1.165, 1.54) is 11.8 Å². The second-order valence-electron chi connectivity index (χ2n) is 6.27. The molecule has 6 nitrogen and oxygen atoms in total. The minimum atomic E-state index is -4.17. The van der Waals surface area contributed by atoms with Gasteiger partial charge in [0.1, 0.15) is 6.04 Å². The molecule has 10 heteroatoms. The number of rotatable bonds is 8. The van der Waals surface area contributed by atoms with Crippen molar-refractivity contribution in [2.45, 2.75) is 26.1 Å².